The average molecular weight is 397 g/mol. The molecule has 0 spiro atoms. The zero-order chi connectivity index (χ0) is 21.4. The molecule has 0 saturated heterocycles. The standard InChI is InChI=1S/C22H40N2O4/c1-13(2)9-16-7-6-8-17(10-16)20(26)11-18(15(5)25)22(28)24-19(12-23)21(27)14(3)4/h13-19,25H,6-12,23H2,1-5H3,(H,24,28)/t15-,16?,17+,18-,19+/m0/s1. The summed E-state index contributed by atoms with van der Waals surface area (Å²) in [5.74, 6) is -0.526. The van der Waals surface area contributed by atoms with E-state index in [0.717, 1.165) is 32.1 Å². The van der Waals surface area contributed by atoms with Crippen molar-refractivity contribution in [3.05, 3.63) is 0 Å². The normalized spacial score (nSPS) is 23.3. The molecule has 162 valence electrons. The number of ketones is 2. The van der Waals surface area contributed by atoms with E-state index in [2.05, 4.69) is 19.2 Å². The van der Waals surface area contributed by atoms with Crippen LogP contribution in [0, 0.1) is 29.6 Å². The molecule has 0 bridgehead atoms. The van der Waals surface area contributed by atoms with Crippen LogP contribution in [0.3, 0.4) is 0 Å². The summed E-state index contributed by atoms with van der Waals surface area (Å²) in [5.41, 5.74) is 5.64. The van der Waals surface area contributed by atoms with Crippen LogP contribution < -0.4 is 11.1 Å². The van der Waals surface area contributed by atoms with E-state index < -0.39 is 24.0 Å². The van der Waals surface area contributed by atoms with Gasteiger partial charge in [0, 0.05) is 24.8 Å². The number of aliphatic hydroxyl groups is 1. The highest BCUT2D eigenvalue weighted by atomic mass is 16.3. The molecule has 4 N–H and O–H groups in total. The highest BCUT2D eigenvalue weighted by molar-refractivity contribution is 5.93. The number of hydrogen-bond donors (Lipinski definition) is 3. The lowest BCUT2D eigenvalue weighted by Crippen LogP contribution is -2.51. The summed E-state index contributed by atoms with van der Waals surface area (Å²) in [4.78, 5) is 37.7. The van der Waals surface area contributed by atoms with E-state index in [0.29, 0.717) is 11.8 Å². The number of carbonyl (C=O) groups excluding carboxylic acids is 3. The van der Waals surface area contributed by atoms with Crippen LogP contribution in [-0.4, -0.2) is 41.3 Å². The molecule has 0 aromatic heterocycles. The van der Waals surface area contributed by atoms with Gasteiger partial charge in [-0.05, 0) is 38.0 Å². The predicted octanol–water partition coefficient (Wildman–Crippen LogP) is 2.46. The lowest BCUT2D eigenvalue weighted by Gasteiger charge is -2.30. The molecule has 1 aliphatic rings. The van der Waals surface area contributed by atoms with Crippen molar-refractivity contribution in [2.24, 2.45) is 35.3 Å². The molecular weight excluding hydrogens is 356 g/mol. The third-order valence-electron chi connectivity index (χ3n) is 5.85. The van der Waals surface area contributed by atoms with Crippen molar-refractivity contribution in [2.75, 3.05) is 6.54 Å². The molecular formula is C22H40N2O4. The van der Waals surface area contributed by atoms with Crippen molar-refractivity contribution in [2.45, 2.75) is 85.3 Å². The SMILES string of the molecule is CC(C)CC1CCC[C@@H](C(=O)C[C@H](C(=O)N[C@H](CN)C(=O)C(C)C)[C@H](C)O)C1. The molecule has 0 heterocycles. The van der Waals surface area contributed by atoms with E-state index in [-0.39, 0.29) is 36.4 Å². The van der Waals surface area contributed by atoms with E-state index in [1.807, 2.05) is 0 Å². The molecule has 6 nitrogen and oxygen atoms in total. The van der Waals surface area contributed by atoms with E-state index in [9.17, 15) is 19.5 Å². The van der Waals surface area contributed by atoms with Gasteiger partial charge >= 0.3 is 0 Å². The minimum Gasteiger partial charge on any atom is -0.393 e. The third kappa shape index (κ3) is 7.63. The molecule has 0 aromatic carbocycles. The van der Waals surface area contributed by atoms with Crippen molar-refractivity contribution in [1.82, 2.24) is 5.32 Å². The van der Waals surface area contributed by atoms with Crippen LogP contribution in [0.1, 0.15) is 73.1 Å². The Morgan fingerprint density at radius 2 is 1.75 bits per heavy atom. The van der Waals surface area contributed by atoms with E-state index in [1.54, 1.807) is 13.8 Å². The Kier molecular flexibility index (Phi) is 10.3. The Hall–Kier alpha value is -1.27. The maximum absolute atomic E-state index is 12.9. The Bertz CT molecular complexity index is 531. The summed E-state index contributed by atoms with van der Waals surface area (Å²) in [7, 11) is 0. The van der Waals surface area contributed by atoms with Gasteiger partial charge in [-0.3, -0.25) is 14.4 Å². The molecule has 1 unspecified atom stereocenters. The molecule has 1 aliphatic carbocycles. The Morgan fingerprint density at radius 3 is 2.25 bits per heavy atom. The van der Waals surface area contributed by atoms with Gasteiger partial charge in [0.05, 0.1) is 18.1 Å². The maximum Gasteiger partial charge on any atom is 0.226 e. The minimum atomic E-state index is -0.966. The van der Waals surface area contributed by atoms with Gasteiger partial charge in [-0.2, -0.15) is 0 Å². The van der Waals surface area contributed by atoms with Gasteiger partial charge < -0.3 is 16.2 Å². The highest BCUT2D eigenvalue weighted by Crippen LogP contribution is 2.34. The number of nitrogens with two attached hydrogens (primary N) is 1. The van der Waals surface area contributed by atoms with Crippen molar-refractivity contribution in [1.29, 1.82) is 0 Å². The molecule has 1 rings (SSSR count). The molecule has 1 saturated carbocycles. The van der Waals surface area contributed by atoms with Gasteiger partial charge in [0.25, 0.3) is 0 Å². The minimum absolute atomic E-state index is 0.00271. The number of aliphatic hydroxyl groups excluding tert-OH is 1. The first-order valence-electron chi connectivity index (χ1n) is 10.8. The van der Waals surface area contributed by atoms with Gasteiger partial charge in [-0.1, -0.05) is 40.5 Å². The molecule has 0 radical (unpaired) electrons. The largest absolute Gasteiger partial charge is 0.393 e. The fourth-order valence-electron chi connectivity index (χ4n) is 4.26. The summed E-state index contributed by atoms with van der Waals surface area (Å²) in [5, 5.41) is 12.8. The smallest absolute Gasteiger partial charge is 0.226 e. The van der Waals surface area contributed by atoms with E-state index in [4.69, 9.17) is 5.73 Å². The second-order valence-electron chi connectivity index (χ2n) is 9.23. The molecule has 6 heteroatoms. The average Bonchev–Trinajstić information content (AvgIpc) is 2.62. The fraction of sp³-hybridized carbons (Fsp3) is 0.864. The molecule has 28 heavy (non-hydrogen) atoms. The topological polar surface area (TPSA) is 109 Å². The lowest BCUT2D eigenvalue weighted by atomic mass is 9.74. The number of rotatable bonds is 11. The van der Waals surface area contributed by atoms with Crippen LogP contribution in [0.25, 0.3) is 0 Å². The number of hydrogen-bond acceptors (Lipinski definition) is 5. The number of carbonyl (C=O) groups is 3. The molecule has 5 atom stereocenters. The molecule has 1 fully saturated rings. The highest BCUT2D eigenvalue weighted by Gasteiger charge is 2.34. The van der Waals surface area contributed by atoms with Crippen molar-refractivity contribution < 1.29 is 19.5 Å². The Morgan fingerprint density at radius 1 is 1.11 bits per heavy atom. The lowest BCUT2D eigenvalue weighted by molar-refractivity contribution is -0.137. The summed E-state index contributed by atoms with van der Waals surface area (Å²) in [6.07, 6.45) is 4.11. The second-order valence-corrected chi connectivity index (χ2v) is 9.23. The Labute approximate surface area is 170 Å². The van der Waals surface area contributed by atoms with E-state index in [1.165, 1.54) is 6.92 Å². The first-order valence-corrected chi connectivity index (χ1v) is 10.8. The van der Waals surface area contributed by atoms with Crippen LogP contribution in [-0.2, 0) is 14.4 Å². The van der Waals surface area contributed by atoms with Gasteiger partial charge in [0.1, 0.15) is 5.78 Å². The third-order valence-corrected chi connectivity index (χ3v) is 5.85. The first-order chi connectivity index (χ1) is 13.1. The zero-order valence-corrected chi connectivity index (χ0v) is 18.2. The molecule has 0 aromatic rings. The van der Waals surface area contributed by atoms with Crippen molar-refractivity contribution in [3.63, 3.8) is 0 Å². The van der Waals surface area contributed by atoms with Crippen molar-refractivity contribution in [3.8, 4) is 0 Å². The number of nitrogens with one attached hydrogen (secondary N) is 1. The fourth-order valence-corrected chi connectivity index (χ4v) is 4.26. The monoisotopic (exact) mass is 396 g/mol. The molecule has 0 aliphatic heterocycles. The summed E-state index contributed by atoms with van der Waals surface area (Å²) in [6, 6.07) is -0.783. The molecule has 1 amide bonds. The van der Waals surface area contributed by atoms with Gasteiger partial charge in [0.2, 0.25) is 5.91 Å². The summed E-state index contributed by atoms with van der Waals surface area (Å²) < 4.78 is 0. The van der Waals surface area contributed by atoms with Crippen LogP contribution >= 0.6 is 0 Å². The van der Waals surface area contributed by atoms with Crippen LogP contribution in [0.2, 0.25) is 0 Å². The van der Waals surface area contributed by atoms with Crippen molar-refractivity contribution >= 4 is 17.5 Å². The second kappa shape index (κ2) is 11.7. The van der Waals surface area contributed by atoms with Crippen LogP contribution in [0.4, 0.5) is 0 Å². The van der Waals surface area contributed by atoms with Gasteiger partial charge in [0.15, 0.2) is 5.78 Å². The van der Waals surface area contributed by atoms with E-state index >= 15 is 0 Å². The quantitative estimate of drug-likeness (QED) is 0.497. The number of amides is 1. The van der Waals surface area contributed by atoms with Crippen LogP contribution in [0.5, 0.6) is 0 Å². The zero-order valence-electron chi connectivity index (χ0n) is 18.2. The predicted molar refractivity (Wildman–Crippen MR) is 111 cm³/mol. The van der Waals surface area contributed by atoms with Crippen LogP contribution in [0.15, 0.2) is 0 Å². The maximum atomic E-state index is 12.9. The van der Waals surface area contributed by atoms with Gasteiger partial charge in [-0.25, -0.2) is 0 Å². The summed E-state index contributed by atoms with van der Waals surface area (Å²) in [6.45, 7) is 9.43. The number of Topliss-reactive ketones (excluding diaryl/α,β-unsaturated/α-hetero) is 2. The summed E-state index contributed by atoms with van der Waals surface area (Å²) >= 11 is 0. The first kappa shape index (κ1) is 24.8. The Balaban J connectivity index is 2.73. The van der Waals surface area contributed by atoms with Gasteiger partial charge in [-0.15, -0.1) is 0 Å².